The predicted octanol–water partition coefficient (Wildman–Crippen LogP) is 26.8. The van der Waals surface area contributed by atoms with E-state index in [0.29, 0.717) is 56.1 Å². The van der Waals surface area contributed by atoms with Crippen molar-refractivity contribution in [1.82, 2.24) is 49.0 Å². The molecule has 1 aliphatic carbocycles. The zero-order valence-electron chi connectivity index (χ0n) is 67.3. The van der Waals surface area contributed by atoms with Crippen molar-refractivity contribution in [3.63, 3.8) is 0 Å². The summed E-state index contributed by atoms with van der Waals surface area (Å²) in [5.74, 6) is 3.42. The summed E-state index contributed by atoms with van der Waals surface area (Å²) in [5.41, 5.74) is 27.1. The van der Waals surface area contributed by atoms with Crippen LogP contribution in [0.1, 0.15) is 25.0 Å². The van der Waals surface area contributed by atoms with Crippen molar-refractivity contribution >= 4 is 75.0 Å². The summed E-state index contributed by atoms with van der Waals surface area (Å²) in [6.45, 7) is 4.69. The van der Waals surface area contributed by atoms with E-state index in [2.05, 4.69) is 300 Å². The molecule has 0 radical (unpaired) electrons. The number of hydrogen-bond acceptors (Lipinski definition) is 10. The van der Waals surface area contributed by atoms with E-state index in [9.17, 15) is 8.42 Å². The van der Waals surface area contributed by atoms with E-state index in [0.717, 1.165) is 116 Å². The van der Waals surface area contributed by atoms with Gasteiger partial charge in [0.2, 0.25) is 9.84 Å². The Morgan fingerprint density at radius 1 is 0.234 bits per heavy atom. The molecule has 22 aromatic rings. The molecule has 2 aliphatic rings. The van der Waals surface area contributed by atoms with Gasteiger partial charge in [-0.15, -0.1) is 0 Å². The van der Waals surface area contributed by atoms with Gasteiger partial charge in [0.25, 0.3) is 0 Å². The van der Waals surface area contributed by atoms with Crippen molar-refractivity contribution in [2.45, 2.75) is 29.1 Å². The van der Waals surface area contributed by atoms with Crippen LogP contribution < -0.4 is 0 Å². The fraction of sp³-hybridized carbons (Fsp3) is 0.0270. The largest absolute Gasteiger partial charge is 0.309 e. The average molecular weight is 1610 g/mol. The van der Waals surface area contributed by atoms with Crippen LogP contribution in [0.2, 0.25) is 0 Å². The highest BCUT2D eigenvalue weighted by Crippen LogP contribution is 2.51. The van der Waals surface area contributed by atoms with Gasteiger partial charge in [-0.05, 0) is 210 Å². The van der Waals surface area contributed by atoms with Gasteiger partial charge in [-0.2, -0.15) is 0 Å². The van der Waals surface area contributed by atoms with Crippen LogP contribution in [-0.2, 0) is 15.3 Å². The SMILES string of the molecule is CC1(C)c2ccccc2-c2ccc(-c3cccc(-n4c5ccccc5c5cc(-c6cccc(-c7nc(-c8ccccc8)nc(-c8cccc9cc%10ccccc%10cc89)n7)c6)ccc54)c3)cc21.O=S1(=O)c2ccccc2-c2ccc(-c3cccc(-n4c5ccccc5c5cc(-c6ccc(-c7nc(-c8ccccn8)nc(-c8ccccn8)n7)cc6)ccc54)c3)cc21. The lowest BCUT2D eigenvalue weighted by molar-refractivity contribution is 0.598. The minimum Gasteiger partial charge on any atom is -0.309 e. The van der Waals surface area contributed by atoms with E-state index >= 15 is 0 Å². The zero-order valence-corrected chi connectivity index (χ0v) is 68.1. The fourth-order valence-electron chi connectivity index (χ4n) is 18.5. The Morgan fingerprint density at radius 2 is 0.645 bits per heavy atom. The number of fused-ring (bicyclic) bond motifs is 14. The summed E-state index contributed by atoms with van der Waals surface area (Å²) in [6, 6.07) is 135. The smallest absolute Gasteiger partial charge is 0.207 e. The number of rotatable bonds is 12. The molecule has 0 fully saturated rings. The molecular weight excluding hydrogens is 1540 g/mol. The van der Waals surface area contributed by atoms with Crippen LogP contribution in [0.3, 0.4) is 0 Å². The molecule has 13 heteroatoms. The Kier molecular flexibility index (Phi) is 17.3. The van der Waals surface area contributed by atoms with Gasteiger partial charge >= 0.3 is 0 Å². The Hall–Kier alpha value is -16.1. The van der Waals surface area contributed by atoms with E-state index in [1.807, 2.05) is 109 Å². The first-order valence-corrected chi connectivity index (χ1v) is 43.0. The van der Waals surface area contributed by atoms with Crippen LogP contribution in [-0.4, -0.2) is 57.4 Å². The van der Waals surface area contributed by atoms with Gasteiger partial charge in [-0.1, -0.05) is 281 Å². The van der Waals surface area contributed by atoms with Gasteiger partial charge in [-0.25, -0.2) is 38.3 Å². The summed E-state index contributed by atoms with van der Waals surface area (Å²) in [6.07, 6.45) is 3.45. The summed E-state index contributed by atoms with van der Waals surface area (Å²) >= 11 is 0. The van der Waals surface area contributed by atoms with Crippen LogP contribution in [0.4, 0.5) is 0 Å². The first-order chi connectivity index (χ1) is 60.9. The van der Waals surface area contributed by atoms with Crippen LogP contribution in [0.25, 0.3) is 212 Å². The molecule has 7 heterocycles. The number of aromatic nitrogens is 10. The van der Waals surface area contributed by atoms with Gasteiger partial charge in [0.15, 0.2) is 34.9 Å². The number of sulfone groups is 1. The third kappa shape index (κ3) is 12.5. The highest BCUT2D eigenvalue weighted by atomic mass is 32.2. The molecule has 0 atom stereocenters. The molecule has 124 heavy (non-hydrogen) atoms. The molecule has 0 unspecified atom stereocenters. The van der Waals surface area contributed by atoms with E-state index in [1.54, 1.807) is 24.5 Å². The Balaban J connectivity index is 0.000000144. The summed E-state index contributed by atoms with van der Waals surface area (Å²) < 4.78 is 31.7. The number of hydrogen-bond donors (Lipinski definition) is 0. The molecule has 16 aromatic carbocycles. The number of pyridine rings is 2. The lowest BCUT2D eigenvalue weighted by atomic mass is 9.81. The standard InChI is InChI=1S/C62H42N4.C49H30N6O2S/c1-62(2)55-27-10-8-24-49(55)50-31-29-45(38-56(50)62)42-20-13-23-48(35-42)66-57-28-11-9-25-51(57)54-37-44(30-32-58(54)66)41-19-12-22-47(34-41)60-63-59(39-15-4-3-5-16-39)64-61(65-60)52-26-14-21-46-33-40-17-6-7-18-43(40)36-53(46)52;56-58(57)45-17-4-2-13-38(45)39-24-22-35(30-46(39)58)33-10-9-11-36(28-33)55-43-16-3-1-12-37(43)40-29-34(23-25-44(40)55)31-18-20-32(21-19-31)47-52-48(41-14-5-7-26-50-41)54-49(53-47)42-15-6-8-27-51-42/h3-38H,1-2H3;1-30H. The van der Waals surface area contributed by atoms with Gasteiger partial charge in [-0.3, -0.25) is 9.97 Å². The van der Waals surface area contributed by atoms with Gasteiger partial charge in [0.1, 0.15) is 11.4 Å². The van der Waals surface area contributed by atoms with Crippen molar-refractivity contribution in [2.24, 2.45) is 0 Å². The third-order valence-electron chi connectivity index (χ3n) is 24.6. The quantitative estimate of drug-likeness (QED) is 0.108. The molecule has 0 saturated heterocycles. The first kappa shape index (κ1) is 73.1. The van der Waals surface area contributed by atoms with Gasteiger partial charge in [0.05, 0.1) is 31.9 Å². The monoisotopic (exact) mass is 1610 g/mol. The molecule has 0 N–H and O–H groups in total. The first-order valence-electron chi connectivity index (χ1n) is 41.5. The Morgan fingerprint density at radius 3 is 1.30 bits per heavy atom. The highest BCUT2D eigenvalue weighted by molar-refractivity contribution is 7.92. The molecular formula is C111H72N10O2S. The summed E-state index contributed by atoms with van der Waals surface area (Å²) in [5, 5.41) is 9.33. The molecule has 24 rings (SSSR count). The molecule has 0 spiro atoms. The van der Waals surface area contributed by atoms with Crippen LogP contribution in [0.5, 0.6) is 0 Å². The second-order valence-electron chi connectivity index (χ2n) is 32.2. The van der Waals surface area contributed by atoms with E-state index < -0.39 is 9.84 Å². The zero-order chi connectivity index (χ0) is 82.7. The molecule has 6 aromatic heterocycles. The highest BCUT2D eigenvalue weighted by Gasteiger charge is 2.36. The van der Waals surface area contributed by atoms with E-state index in [-0.39, 0.29) is 5.41 Å². The third-order valence-corrected chi connectivity index (χ3v) is 26.4. The van der Waals surface area contributed by atoms with Crippen molar-refractivity contribution in [3.05, 3.63) is 412 Å². The maximum atomic E-state index is 13.5. The maximum absolute atomic E-state index is 13.5. The second kappa shape index (κ2) is 29.4. The number of benzene rings is 16. The molecule has 0 saturated carbocycles. The van der Waals surface area contributed by atoms with E-state index in [1.165, 1.54) is 60.4 Å². The van der Waals surface area contributed by atoms with Crippen LogP contribution in [0, 0.1) is 0 Å². The van der Waals surface area contributed by atoms with Crippen molar-refractivity contribution < 1.29 is 8.42 Å². The molecule has 584 valence electrons. The fourth-order valence-corrected chi connectivity index (χ4v) is 20.2. The van der Waals surface area contributed by atoms with Crippen LogP contribution >= 0.6 is 0 Å². The molecule has 1 aliphatic heterocycles. The minimum absolute atomic E-state index is 0.0590. The summed E-state index contributed by atoms with van der Waals surface area (Å²) in [4.78, 5) is 39.5. The normalized spacial score (nSPS) is 12.8. The van der Waals surface area contributed by atoms with Crippen molar-refractivity contribution in [1.29, 1.82) is 0 Å². The van der Waals surface area contributed by atoms with E-state index in [4.69, 9.17) is 29.9 Å². The Bertz CT molecular complexity index is 8170. The molecule has 12 nitrogen and oxygen atoms in total. The predicted molar refractivity (Wildman–Crippen MR) is 502 cm³/mol. The minimum atomic E-state index is -3.59. The molecule has 0 amide bonds. The Labute approximate surface area is 715 Å². The number of nitrogens with zero attached hydrogens (tertiary/aromatic N) is 10. The number of para-hydroxylation sites is 2. The van der Waals surface area contributed by atoms with Crippen molar-refractivity contribution in [3.8, 4) is 147 Å². The molecule has 0 bridgehead atoms. The maximum Gasteiger partial charge on any atom is 0.207 e. The average Bonchev–Trinajstić information content (AvgIpc) is 1.55. The lowest BCUT2D eigenvalue weighted by Crippen LogP contribution is -2.14. The van der Waals surface area contributed by atoms with Crippen molar-refractivity contribution in [2.75, 3.05) is 0 Å². The van der Waals surface area contributed by atoms with Crippen LogP contribution in [0.15, 0.2) is 410 Å². The lowest BCUT2D eigenvalue weighted by Gasteiger charge is -2.22. The van der Waals surface area contributed by atoms with Gasteiger partial charge < -0.3 is 9.13 Å². The summed E-state index contributed by atoms with van der Waals surface area (Å²) in [7, 11) is -3.59. The topological polar surface area (TPSA) is 147 Å². The van der Waals surface area contributed by atoms with Gasteiger partial charge in [0, 0.05) is 84.1 Å². The second-order valence-corrected chi connectivity index (χ2v) is 34.1.